The molecule has 3 rings (SSSR count). The van der Waals surface area contributed by atoms with Gasteiger partial charge in [-0.05, 0) is 24.6 Å². The average Bonchev–Trinajstić information content (AvgIpc) is 2.81. The zero-order chi connectivity index (χ0) is 18.3. The lowest BCUT2D eigenvalue weighted by Crippen LogP contribution is -2.65. The summed E-state index contributed by atoms with van der Waals surface area (Å²) in [5, 5.41) is 9.73. The predicted molar refractivity (Wildman–Crippen MR) is 86.6 cm³/mol. The number of aliphatic hydroxyl groups is 1. The first kappa shape index (κ1) is 17.4. The molecule has 2 aliphatic rings. The summed E-state index contributed by atoms with van der Waals surface area (Å²) in [5.74, 6) is -1.86. The number of esters is 1. The van der Waals surface area contributed by atoms with E-state index in [4.69, 9.17) is 9.47 Å². The van der Waals surface area contributed by atoms with Crippen LogP contribution in [0.15, 0.2) is 24.3 Å². The molecule has 0 bridgehead atoms. The first-order valence-corrected chi connectivity index (χ1v) is 8.20. The Kier molecular flexibility index (Phi) is 4.51. The summed E-state index contributed by atoms with van der Waals surface area (Å²) < 4.78 is 10.3. The van der Waals surface area contributed by atoms with Crippen LogP contribution in [0.2, 0.25) is 0 Å². The maximum absolute atomic E-state index is 12.4. The van der Waals surface area contributed by atoms with Crippen LogP contribution in [0.3, 0.4) is 0 Å². The highest BCUT2D eigenvalue weighted by atomic mass is 16.5. The van der Waals surface area contributed by atoms with Crippen LogP contribution in [0, 0.1) is 11.8 Å². The Morgan fingerprint density at radius 1 is 1.28 bits per heavy atom. The lowest BCUT2D eigenvalue weighted by atomic mass is 9.79. The van der Waals surface area contributed by atoms with Crippen molar-refractivity contribution in [3.05, 3.63) is 29.8 Å². The van der Waals surface area contributed by atoms with Crippen molar-refractivity contribution < 1.29 is 29.0 Å². The molecule has 0 saturated carbocycles. The number of ether oxygens (including phenoxy) is 2. The van der Waals surface area contributed by atoms with E-state index in [1.54, 1.807) is 38.3 Å². The van der Waals surface area contributed by atoms with Gasteiger partial charge in [-0.3, -0.25) is 9.59 Å². The molecular weight excluding hydrogens is 326 g/mol. The Labute approximate surface area is 145 Å². The summed E-state index contributed by atoms with van der Waals surface area (Å²) in [6, 6.07) is 5.36. The van der Waals surface area contributed by atoms with E-state index in [2.05, 4.69) is 0 Å². The standard InChI is InChI=1S/C18H21NO6/c1-9-14-13(10(2)20)17(22)19(14)15(16(9)21)18(23)25-8-11-4-6-12(24-3)7-5-11/h4-7,9-10,13-15,20H,8H2,1-3H3/t9-,10-,13-,14-,15-/m1/s1. The molecule has 1 amide bonds. The van der Waals surface area contributed by atoms with Gasteiger partial charge in [-0.25, -0.2) is 4.79 Å². The van der Waals surface area contributed by atoms with E-state index in [0.29, 0.717) is 5.75 Å². The second kappa shape index (κ2) is 6.48. The number of ketones is 1. The van der Waals surface area contributed by atoms with Crippen LogP contribution >= 0.6 is 0 Å². The van der Waals surface area contributed by atoms with E-state index in [-0.39, 0.29) is 18.3 Å². The maximum atomic E-state index is 12.4. The zero-order valence-corrected chi connectivity index (χ0v) is 14.3. The first-order valence-electron chi connectivity index (χ1n) is 8.20. The van der Waals surface area contributed by atoms with Crippen molar-refractivity contribution in [1.82, 2.24) is 4.90 Å². The predicted octanol–water partition coefficient (Wildman–Crippen LogP) is 0.534. The van der Waals surface area contributed by atoms with Crippen molar-refractivity contribution in [2.24, 2.45) is 11.8 Å². The van der Waals surface area contributed by atoms with Crippen molar-refractivity contribution in [3.8, 4) is 5.75 Å². The largest absolute Gasteiger partial charge is 0.497 e. The summed E-state index contributed by atoms with van der Waals surface area (Å²) in [6.07, 6.45) is -0.849. The van der Waals surface area contributed by atoms with Gasteiger partial charge in [0.15, 0.2) is 11.8 Å². The minimum absolute atomic E-state index is 0.00746. The second-order valence-electron chi connectivity index (χ2n) is 6.55. The van der Waals surface area contributed by atoms with Crippen molar-refractivity contribution in [1.29, 1.82) is 0 Å². The number of hydrogen-bond donors (Lipinski definition) is 1. The van der Waals surface area contributed by atoms with Gasteiger partial charge in [-0.2, -0.15) is 0 Å². The molecule has 0 radical (unpaired) electrons. The lowest BCUT2D eigenvalue weighted by Gasteiger charge is -2.46. The summed E-state index contributed by atoms with van der Waals surface area (Å²) in [4.78, 5) is 38.3. The number of rotatable bonds is 5. The maximum Gasteiger partial charge on any atom is 0.337 e. The summed E-state index contributed by atoms with van der Waals surface area (Å²) in [5.41, 5.74) is 0.751. The van der Waals surface area contributed by atoms with Crippen LogP contribution in [0.25, 0.3) is 0 Å². The molecule has 5 atom stereocenters. The number of methoxy groups -OCH3 is 1. The Morgan fingerprint density at radius 2 is 1.92 bits per heavy atom. The SMILES string of the molecule is COc1ccc(COC(=O)[C@H]2C(=O)[C@H](C)[C@@H]3[C@@H]([C@@H](C)O)C(=O)N23)cc1. The van der Waals surface area contributed by atoms with Gasteiger partial charge < -0.3 is 19.5 Å². The molecule has 0 spiro atoms. The minimum atomic E-state index is -1.21. The van der Waals surface area contributed by atoms with Crippen molar-refractivity contribution >= 4 is 17.7 Å². The number of amides is 1. The van der Waals surface area contributed by atoms with Crippen LogP contribution in [-0.2, 0) is 25.7 Å². The Morgan fingerprint density at radius 3 is 2.48 bits per heavy atom. The second-order valence-corrected chi connectivity index (χ2v) is 6.55. The topological polar surface area (TPSA) is 93.1 Å². The smallest absolute Gasteiger partial charge is 0.337 e. The highest BCUT2D eigenvalue weighted by Gasteiger charge is 2.64. The Hall–Kier alpha value is -2.41. The molecule has 7 nitrogen and oxygen atoms in total. The van der Waals surface area contributed by atoms with Crippen LogP contribution in [0.5, 0.6) is 5.75 Å². The fourth-order valence-electron chi connectivity index (χ4n) is 3.64. The zero-order valence-electron chi connectivity index (χ0n) is 14.3. The quantitative estimate of drug-likeness (QED) is 0.475. The van der Waals surface area contributed by atoms with Crippen LogP contribution in [0.1, 0.15) is 19.4 Å². The van der Waals surface area contributed by atoms with Gasteiger partial charge in [0.2, 0.25) is 5.91 Å². The molecule has 2 heterocycles. The number of benzene rings is 1. The average molecular weight is 347 g/mol. The number of carbonyl (C=O) groups is 3. The Bertz CT molecular complexity index is 698. The molecule has 0 aromatic heterocycles. The number of β-lactam (4-membered cyclic amide) rings is 1. The number of nitrogens with zero attached hydrogens (tertiary/aromatic N) is 1. The van der Waals surface area contributed by atoms with Gasteiger partial charge in [-0.1, -0.05) is 19.1 Å². The van der Waals surface area contributed by atoms with E-state index >= 15 is 0 Å². The molecule has 1 N–H and O–H groups in total. The molecule has 134 valence electrons. The van der Waals surface area contributed by atoms with Crippen molar-refractivity contribution in [2.45, 2.75) is 38.6 Å². The molecule has 25 heavy (non-hydrogen) atoms. The van der Waals surface area contributed by atoms with E-state index in [9.17, 15) is 19.5 Å². The fourth-order valence-corrected chi connectivity index (χ4v) is 3.64. The molecule has 2 saturated heterocycles. The third-order valence-electron chi connectivity index (χ3n) is 5.02. The van der Waals surface area contributed by atoms with E-state index in [1.165, 1.54) is 11.8 Å². The van der Waals surface area contributed by atoms with Gasteiger partial charge in [0.25, 0.3) is 0 Å². The first-order chi connectivity index (χ1) is 11.9. The number of carbonyl (C=O) groups excluding carboxylic acids is 3. The molecule has 2 aliphatic heterocycles. The summed E-state index contributed by atoms with van der Waals surface area (Å²) in [6.45, 7) is 3.21. The molecule has 7 heteroatoms. The number of hydrogen-bond acceptors (Lipinski definition) is 6. The molecular formula is C18H21NO6. The lowest BCUT2D eigenvalue weighted by molar-refractivity contribution is -0.173. The van der Waals surface area contributed by atoms with E-state index < -0.39 is 36.0 Å². The summed E-state index contributed by atoms with van der Waals surface area (Å²) in [7, 11) is 1.56. The fraction of sp³-hybridized carbons (Fsp3) is 0.500. The van der Waals surface area contributed by atoms with Gasteiger partial charge >= 0.3 is 5.97 Å². The number of Topliss-reactive ketones (excluding diaryl/α,β-unsaturated/α-hetero) is 1. The third-order valence-corrected chi connectivity index (χ3v) is 5.02. The van der Waals surface area contributed by atoms with Gasteiger partial charge in [-0.15, -0.1) is 0 Å². The van der Waals surface area contributed by atoms with Crippen molar-refractivity contribution in [2.75, 3.05) is 7.11 Å². The number of fused-ring (bicyclic) bond motifs is 1. The van der Waals surface area contributed by atoms with Crippen LogP contribution in [-0.4, -0.2) is 53.0 Å². The van der Waals surface area contributed by atoms with Gasteiger partial charge in [0.05, 0.1) is 25.2 Å². The van der Waals surface area contributed by atoms with E-state index in [1.807, 2.05) is 0 Å². The monoisotopic (exact) mass is 347 g/mol. The molecule has 0 aliphatic carbocycles. The van der Waals surface area contributed by atoms with Crippen LogP contribution < -0.4 is 4.74 Å². The van der Waals surface area contributed by atoms with Crippen LogP contribution in [0.4, 0.5) is 0 Å². The third kappa shape index (κ3) is 2.78. The normalized spacial score (nSPS) is 29.0. The van der Waals surface area contributed by atoms with E-state index in [0.717, 1.165) is 5.56 Å². The Balaban J connectivity index is 1.67. The summed E-state index contributed by atoms with van der Waals surface area (Å²) >= 11 is 0. The van der Waals surface area contributed by atoms with Gasteiger partial charge in [0.1, 0.15) is 12.4 Å². The minimum Gasteiger partial charge on any atom is -0.497 e. The molecule has 1 aromatic rings. The molecule has 0 unspecified atom stereocenters. The highest BCUT2D eigenvalue weighted by Crippen LogP contribution is 2.43. The number of aliphatic hydroxyl groups excluding tert-OH is 1. The van der Waals surface area contributed by atoms with Crippen molar-refractivity contribution in [3.63, 3.8) is 0 Å². The molecule has 2 fully saturated rings. The highest BCUT2D eigenvalue weighted by molar-refractivity contribution is 6.12. The molecule has 1 aromatic carbocycles. The van der Waals surface area contributed by atoms with Gasteiger partial charge in [0, 0.05) is 5.92 Å².